The number of pyridine rings is 1. The zero-order valence-corrected chi connectivity index (χ0v) is 19.9. The van der Waals surface area contributed by atoms with Gasteiger partial charge in [-0.25, -0.2) is 0 Å². The number of amides is 1. The molecule has 0 aliphatic rings. The number of carbonyl (C=O) groups excluding carboxylic acids is 2. The van der Waals surface area contributed by atoms with E-state index >= 15 is 0 Å². The van der Waals surface area contributed by atoms with Gasteiger partial charge in [0.25, 0.3) is 0 Å². The molecule has 4 rings (SSSR count). The number of carbonyl (C=O) groups is 2. The number of rotatable bonds is 7. The number of nitrogens with zero attached hydrogens (tertiary/aromatic N) is 1. The molecule has 0 aliphatic carbocycles. The molecule has 0 aliphatic heterocycles. The average Bonchev–Trinajstić information content (AvgIpc) is 2.85. The number of nitrogens with one attached hydrogen (secondary N) is 1. The Hall–Kier alpha value is -3.70. The van der Waals surface area contributed by atoms with Crippen molar-refractivity contribution < 1.29 is 9.59 Å². The van der Waals surface area contributed by atoms with Gasteiger partial charge in [0, 0.05) is 27.9 Å². The molecule has 0 radical (unpaired) electrons. The van der Waals surface area contributed by atoms with Gasteiger partial charge in [-0.3, -0.25) is 14.4 Å². The number of hydrogen-bond acceptors (Lipinski definition) is 3. The van der Waals surface area contributed by atoms with Gasteiger partial charge in [0.05, 0.1) is 11.1 Å². The molecule has 0 spiro atoms. The molecule has 0 unspecified atom stereocenters. The minimum Gasteiger partial charge on any atom is -0.337 e. The molecule has 0 fully saturated rings. The highest BCUT2D eigenvalue weighted by Crippen LogP contribution is 2.20. The molecule has 1 aromatic heterocycles. The molecule has 1 heterocycles. The van der Waals surface area contributed by atoms with Gasteiger partial charge in [0.15, 0.2) is 5.78 Å². The minimum absolute atomic E-state index is 0.000821. The monoisotopic (exact) mass is 472 g/mol. The van der Waals surface area contributed by atoms with Gasteiger partial charge in [0.1, 0.15) is 6.54 Å². The molecule has 172 valence electrons. The van der Waals surface area contributed by atoms with E-state index in [-0.39, 0.29) is 23.8 Å². The predicted octanol–water partition coefficient (Wildman–Crippen LogP) is 5.65. The van der Waals surface area contributed by atoms with E-state index in [1.165, 1.54) is 17.8 Å². The highest BCUT2D eigenvalue weighted by atomic mass is 35.5. The molecule has 0 saturated heterocycles. The van der Waals surface area contributed by atoms with Crippen LogP contribution in [0.25, 0.3) is 10.9 Å². The molecule has 1 N–H and O–H groups in total. The van der Waals surface area contributed by atoms with Gasteiger partial charge in [-0.15, -0.1) is 0 Å². The number of aryl methyl sites for hydroxylation is 2. The number of fused-ring (bicyclic) bond motifs is 1. The highest BCUT2D eigenvalue weighted by Gasteiger charge is 2.18. The quantitative estimate of drug-likeness (QED) is 0.353. The van der Waals surface area contributed by atoms with Crippen molar-refractivity contribution in [1.29, 1.82) is 0 Å². The second-order valence-electron chi connectivity index (χ2n) is 8.14. The zero-order chi connectivity index (χ0) is 24.2. The van der Waals surface area contributed by atoms with E-state index in [2.05, 4.69) is 12.2 Å². The maximum Gasteiger partial charge on any atom is 0.244 e. The fraction of sp³-hybridized carbons (Fsp3) is 0.179. The SMILES string of the molecule is CCc1ccc(NC(=O)Cn2cc(C(=O)c3ccc(CC)cc3)c(=O)c3cc(Cl)ccc32)cc1. The van der Waals surface area contributed by atoms with Crippen molar-refractivity contribution in [3.63, 3.8) is 0 Å². The number of aromatic nitrogens is 1. The lowest BCUT2D eigenvalue weighted by Crippen LogP contribution is -2.24. The lowest BCUT2D eigenvalue weighted by Gasteiger charge is -2.14. The molecule has 4 aromatic rings. The van der Waals surface area contributed by atoms with E-state index in [0.29, 0.717) is 27.2 Å². The van der Waals surface area contributed by atoms with Crippen LogP contribution >= 0.6 is 11.6 Å². The van der Waals surface area contributed by atoms with Crippen LogP contribution in [-0.2, 0) is 24.2 Å². The van der Waals surface area contributed by atoms with Crippen LogP contribution in [0.1, 0.15) is 40.9 Å². The van der Waals surface area contributed by atoms with Gasteiger partial charge in [-0.1, -0.05) is 61.8 Å². The first-order valence-corrected chi connectivity index (χ1v) is 11.6. The first kappa shape index (κ1) is 23.5. The van der Waals surface area contributed by atoms with Crippen LogP contribution in [0.5, 0.6) is 0 Å². The summed E-state index contributed by atoms with van der Waals surface area (Å²) in [5, 5.41) is 3.55. The highest BCUT2D eigenvalue weighted by molar-refractivity contribution is 6.31. The molecule has 34 heavy (non-hydrogen) atoms. The Morgan fingerprint density at radius 3 is 2.12 bits per heavy atom. The van der Waals surface area contributed by atoms with Gasteiger partial charge < -0.3 is 9.88 Å². The smallest absolute Gasteiger partial charge is 0.244 e. The van der Waals surface area contributed by atoms with Gasteiger partial charge in [-0.2, -0.15) is 0 Å². The van der Waals surface area contributed by atoms with E-state index in [1.54, 1.807) is 28.8 Å². The third-order valence-electron chi connectivity index (χ3n) is 5.87. The number of hydrogen-bond donors (Lipinski definition) is 1. The molecular formula is C28H25ClN2O3. The Morgan fingerprint density at radius 2 is 1.50 bits per heavy atom. The van der Waals surface area contributed by atoms with Crippen molar-refractivity contribution in [2.75, 3.05) is 5.32 Å². The molecule has 6 heteroatoms. The van der Waals surface area contributed by atoms with Crippen LogP contribution in [0.3, 0.4) is 0 Å². The first-order chi connectivity index (χ1) is 16.4. The number of benzene rings is 3. The summed E-state index contributed by atoms with van der Waals surface area (Å²) in [6.07, 6.45) is 3.23. The van der Waals surface area contributed by atoms with Crippen molar-refractivity contribution in [3.05, 3.63) is 110 Å². The van der Waals surface area contributed by atoms with E-state index in [1.807, 2.05) is 43.3 Å². The van der Waals surface area contributed by atoms with E-state index in [0.717, 1.165) is 18.4 Å². The Bertz CT molecular complexity index is 1420. The lowest BCUT2D eigenvalue weighted by molar-refractivity contribution is -0.116. The summed E-state index contributed by atoms with van der Waals surface area (Å²) in [5.41, 5.74) is 3.50. The van der Waals surface area contributed by atoms with Crippen molar-refractivity contribution in [3.8, 4) is 0 Å². The van der Waals surface area contributed by atoms with Crippen LogP contribution < -0.4 is 10.7 Å². The molecule has 0 bridgehead atoms. The summed E-state index contributed by atoms with van der Waals surface area (Å²) >= 11 is 6.15. The predicted molar refractivity (Wildman–Crippen MR) is 137 cm³/mol. The molecule has 1 amide bonds. The summed E-state index contributed by atoms with van der Waals surface area (Å²) in [5.74, 6) is -0.659. The Balaban J connectivity index is 1.71. The van der Waals surface area contributed by atoms with E-state index < -0.39 is 5.43 Å². The standard InChI is InChI=1S/C28H25ClN2O3/c1-3-18-5-9-20(10-6-18)27(33)24-16-31(25-14-11-21(29)15-23(25)28(24)34)17-26(32)30-22-12-7-19(4-2)8-13-22/h5-16H,3-4,17H2,1-2H3,(H,30,32). The lowest BCUT2D eigenvalue weighted by atomic mass is 10.0. The number of anilines is 1. The number of ketones is 1. The second-order valence-corrected chi connectivity index (χ2v) is 8.58. The summed E-state index contributed by atoms with van der Waals surface area (Å²) in [7, 11) is 0. The van der Waals surface area contributed by atoms with Crippen molar-refractivity contribution in [1.82, 2.24) is 4.57 Å². The maximum atomic E-state index is 13.2. The zero-order valence-electron chi connectivity index (χ0n) is 19.1. The van der Waals surface area contributed by atoms with Gasteiger partial charge in [-0.05, 0) is 54.3 Å². The number of halogens is 1. The van der Waals surface area contributed by atoms with Crippen molar-refractivity contribution >= 4 is 39.9 Å². The molecule has 0 atom stereocenters. The van der Waals surface area contributed by atoms with Crippen LogP contribution in [-0.4, -0.2) is 16.3 Å². The fourth-order valence-corrected chi connectivity index (χ4v) is 4.06. The summed E-state index contributed by atoms with van der Waals surface area (Å²) in [6.45, 7) is 4.03. The van der Waals surface area contributed by atoms with Crippen LogP contribution in [0.2, 0.25) is 5.02 Å². The third kappa shape index (κ3) is 4.95. The van der Waals surface area contributed by atoms with Crippen molar-refractivity contribution in [2.45, 2.75) is 33.2 Å². The molecule has 0 saturated carbocycles. The topological polar surface area (TPSA) is 68.2 Å². The molecule has 5 nitrogen and oxygen atoms in total. The maximum absolute atomic E-state index is 13.2. The summed E-state index contributed by atoms with van der Waals surface area (Å²) in [6, 6.07) is 19.7. The first-order valence-electron chi connectivity index (χ1n) is 11.2. The van der Waals surface area contributed by atoms with Gasteiger partial charge in [0.2, 0.25) is 11.3 Å². The molecular weight excluding hydrogens is 448 g/mol. The van der Waals surface area contributed by atoms with Crippen molar-refractivity contribution in [2.24, 2.45) is 0 Å². The third-order valence-corrected chi connectivity index (χ3v) is 6.11. The van der Waals surface area contributed by atoms with E-state index in [9.17, 15) is 14.4 Å². The summed E-state index contributed by atoms with van der Waals surface area (Å²) < 4.78 is 1.62. The Kier molecular flexibility index (Phi) is 6.94. The van der Waals surface area contributed by atoms with E-state index in [4.69, 9.17) is 11.6 Å². The van der Waals surface area contributed by atoms with Crippen LogP contribution in [0, 0.1) is 0 Å². The summed E-state index contributed by atoms with van der Waals surface area (Å²) in [4.78, 5) is 39.3. The van der Waals surface area contributed by atoms with Gasteiger partial charge >= 0.3 is 0 Å². The Morgan fingerprint density at radius 1 is 0.882 bits per heavy atom. The molecule has 3 aromatic carbocycles. The normalized spacial score (nSPS) is 10.9. The minimum atomic E-state index is -0.408. The fourth-order valence-electron chi connectivity index (χ4n) is 3.89. The Labute approximate surface area is 203 Å². The second kappa shape index (κ2) is 10.1. The largest absolute Gasteiger partial charge is 0.337 e. The average molecular weight is 473 g/mol. The van der Waals surface area contributed by atoms with Crippen LogP contribution in [0.15, 0.2) is 77.7 Å². The van der Waals surface area contributed by atoms with Crippen LogP contribution in [0.4, 0.5) is 5.69 Å².